The summed E-state index contributed by atoms with van der Waals surface area (Å²) >= 11 is 0. The molecule has 754 valence electrons. The molecule has 18 atom stereocenters. The van der Waals surface area contributed by atoms with E-state index < -0.39 is 171 Å². The molecule has 44 heteroatoms. The van der Waals surface area contributed by atoms with Crippen LogP contribution in [0.15, 0.2) is 30.3 Å². The van der Waals surface area contributed by atoms with Crippen molar-refractivity contribution in [2.45, 2.75) is 324 Å². The van der Waals surface area contributed by atoms with Crippen LogP contribution in [0.2, 0.25) is 0 Å². The second kappa shape index (κ2) is 64.9. The van der Waals surface area contributed by atoms with E-state index in [4.69, 9.17) is 51.3 Å². The summed E-state index contributed by atoms with van der Waals surface area (Å²) in [6.45, 7) is 2.75. The smallest absolute Gasteiger partial charge is 0.394 e. The maximum Gasteiger partial charge on any atom is 0.472 e. The van der Waals surface area contributed by atoms with Crippen molar-refractivity contribution >= 4 is 68.8 Å². The van der Waals surface area contributed by atoms with E-state index in [1.807, 2.05) is 25.1 Å². The van der Waals surface area contributed by atoms with E-state index in [9.17, 15) is 108 Å². The highest BCUT2D eigenvalue weighted by atomic mass is 31.2. The average molecular weight is 1920 g/mol. The van der Waals surface area contributed by atoms with Gasteiger partial charge >= 0.3 is 15.6 Å². The molecule has 4 fully saturated rings. The molecule has 0 radical (unpaired) electrons. The molecule has 3 heterocycles. The van der Waals surface area contributed by atoms with Gasteiger partial charge in [-0.2, -0.15) is 0 Å². The van der Waals surface area contributed by atoms with Gasteiger partial charge in [-0.05, 0) is 121 Å². The Morgan fingerprint density at radius 1 is 0.427 bits per heavy atom. The molecule has 1 saturated carbocycles. The molecule has 9 amide bonds. The van der Waals surface area contributed by atoms with Gasteiger partial charge in [0, 0.05) is 144 Å². The molecule has 1 aromatic carbocycles. The highest BCUT2D eigenvalue weighted by molar-refractivity contribution is 7.47. The Morgan fingerprint density at radius 3 is 1.19 bits per heavy atom. The zero-order chi connectivity index (χ0) is 96.0. The predicted molar refractivity (Wildman–Crippen MR) is 474 cm³/mol. The fraction of sp³-hybridized carbons (Fsp3) is 0.828. The summed E-state index contributed by atoms with van der Waals surface area (Å²) in [5, 5.41) is 108. The van der Waals surface area contributed by atoms with Crippen LogP contribution in [-0.2, 0) is 104 Å². The molecule has 18 unspecified atom stereocenters. The molecule has 17 N–H and O–H groups in total. The van der Waals surface area contributed by atoms with E-state index in [0.29, 0.717) is 154 Å². The topological polar surface area (TPSA) is 594 Å². The number of nitrogens with one attached hydrogen (secondary N) is 6. The lowest BCUT2D eigenvalue weighted by Gasteiger charge is -2.46. The standard InChI is InChI=1S/C87H153N9O33P2/c1-5-43-94(74(107)35-18-7-21-40-88-71(104)32-15-10-24-49-120-84-77(91-62(2)101)81(112)79(110)69(59-98)128-84)45-53-123-130(115,116)125-55-47-96(76(109)37-20-9-23-42-90-73(106)34-17-12-26-51-122-86-83(93-64(4)103)87(114,61-100)57-68(58-97)127-86)48-56-126-131(117,118)124-54-46-95(44-52-119-67-31-27-30-66(38-39-67)65-28-13-6-14-29-65)75(108)36-19-8-22-41-89-72(105)33-16-11-25-50-121-85-78(92-63(3)102)82(113)80(111)70(60-99)129-85/h6,13-14,28-29,66-70,77-86,97-100,110-114H,5,7-12,15-27,30-61H2,1-4H3,(H,88,104)(H,89,105)(H,90,106)(H,91,101)(H,92,102)(H,93,103)(H,115,116)(H,117,118). The first kappa shape index (κ1) is 116. The van der Waals surface area contributed by atoms with Crippen LogP contribution in [0.1, 0.15) is 238 Å². The van der Waals surface area contributed by atoms with Crippen molar-refractivity contribution < 1.29 is 159 Å². The number of unbranched alkanes of at least 4 members (excludes halogenated alkanes) is 12. The van der Waals surface area contributed by atoms with Gasteiger partial charge in [-0.3, -0.25) is 61.2 Å². The van der Waals surface area contributed by atoms with Crippen molar-refractivity contribution in [2.75, 3.05) is 138 Å². The Labute approximate surface area is 769 Å². The van der Waals surface area contributed by atoms with Crippen molar-refractivity contribution in [3.63, 3.8) is 0 Å². The number of phosphoric acid groups is 2. The number of benzene rings is 1. The molecule has 0 aromatic heterocycles. The molecule has 5 rings (SSSR count). The molecule has 3 aliphatic heterocycles. The minimum atomic E-state index is -4.88. The first-order valence-electron chi connectivity index (χ1n) is 46.8. The van der Waals surface area contributed by atoms with Crippen molar-refractivity contribution in [3.8, 4) is 0 Å². The lowest BCUT2D eigenvalue weighted by atomic mass is 9.85. The summed E-state index contributed by atoms with van der Waals surface area (Å²) in [6.07, 6.45) is 3.26. The second-order valence-corrected chi connectivity index (χ2v) is 36.8. The van der Waals surface area contributed by atoms with Crippen molar-refractivity contribution in [1.82, 2.24) is 46.6 Å². The number of aliphatic hydroxyl groups excluding tert-OH is 8. The summed E-state index contributed by atoms with van der Waals surface area (Å²) in [4.78, 5) is 141. The minimum absolute atomic E-state index is 0.0427. The van der Waals surface area contributed by atoms with Gasteiger partial charge in [0.1, 0.15) is 60.4 Å². The van der Waals surface area contributed by atoms with Gasteiger partial charge < -0.3 is 136 Å². The Kier molecular flexibility index (Phi) is 57.3. The van der Waals surface area contributed by atoms with Crippen LogP contribution in [0, 0.1) is 0 Å². The van der Waals surface area contributed by atoms with Crippen molar-refractivity contribution in [3.05, 3.63) is 35.9 Å². The maximum absolute atomic E-state index is 14.0. The van der Waals surface area contributed by atoms with Gasteiger partial charge in [0.05, 0.1) is 71.7 Å². The number of nitrogens with zero attached hydrogens (tertiary/aromatic N) is 3. The molecule has 3 saturated heterocycles. The van der Waals surface area contributed by atoms with Gasteiger partial charge in [0.2, 0.25) is 53.2 Å². The number of carbonyl (C=O) groups excluding carboxylic acids is 9. The van der Waals surface area contributed by atoms with E-state index >= 15 is 0 Å². The number of hydrogen-bond acceptors (Lipinski definition) is 31. The molecule has 0 spiro atoms. The molecule has 131 heavy (non-hydrogen) atoms. The average Bonchev–Trinajstić information content (AvgIpc) is 0.930. The zero-order valence-electron chi connectivity index (χ0n) is 77.0. The molecule has 1 aromatic rings. The summed E-state index contributed by atoms with van der Waals surface area (Å²) in [6, 6.07) is 7.12. The number of rotatable bonds is 69. The molecular weight excluding hydrogens is 1760 g/mol. The van der Waals surface area contributed by atoms with Gasteiger partial charge in [0.25, 0.3) is 0 Å². The Balaban J connectivity index is 1.08. The number of amides is 9. The molecule has 1 aliphatic carbocycles. The number of aliphatic hydroxyl groups is 9. The minimum Gasteiger partial charge on any atom is -0.394 e. The van der Waals surface area contributed by atoms with Crippen LogP contribution in [0.5, 0.6) is 0 Å². The molecular formula is C87H153N9O33P2. The third kappa shape index (κ3) is 46.2. The van der Waals surface area contributed by atoms with Crippen LogP contribution in [-0.4, -0.2) is 353 Å². The Bertz CT molecular complexity index is 3540. The van der Waals surface area contributed by atoms with Crippen molar-refractivity contribution in [2.24, 2.45) is 0 Å². The van der Waals surface area contributed by atoms with E-state index in [0.717, 1.165) is 32.1 Å². The van der Waals surface area contributed by atoms with Crippen LogP contribution in [0.4, 0.5) is 0 Å². The fourth-order valence-corrected chi connectivity index (χ4v) is 17.3. The number of hydrogen-bond donors (Lipinski definition) is 17. The first-order valence-corrected chi connectivity index (χ1v) is 49.8. The van der Waals surface area contributed by atoms with Gasteiger partial charge in [-0.1, -0.05) is 82.2 Å². The SMILES string of the molecule is CCCN(CCOP(=O)(O)OCCN(CCOP(=O)(O)OCCN(CCOC1CCCC(c2ccccc2)CC1)C(=O)CCCCCNC(=O)CCCCCOC1OC(CO)C(O)C(O)C1NC(C)=O)C(=O)CCCCCNC(=O)CCCCCOC1OC(CO)CC(O)(CO)C1NC(C)=O)C(=O)CCCCCNC(=O)CCCCCOC1OC(CO)C(O)C(O)C1NC(C)=O. The zero-order valence-corrected chi connectivity index (χ0v) is 78.7. The molecule has 0 bridgehead atoms. The van der Waals surface area contributed by atoms with E-state index in [2.05, 4.69) is 44.0 Å². The Hall–Kier alpha value is -5.97. The summed E-state index contributed by atoms with van der Waals surface area (Å²) < 4.78 is 89.0. The highest BCUT2D eigenvalue weighted by Crippen LogP contribution is 2.44. The number of phosphoric ester groups is 2. The summed E-state index contributed by atoms with van der Waals surface area (Å²) in [5.41, 5.74) is -0.512. The van der Waals surface area contributed by atoms with Crippen LogP contribution in [0.3, 0.4) is 0 Å². The van der Waals surface area contributed by atoms with Crippen LogP contribution < -0.4 is 31.9 Å². The molecule has 4 aliphatic rings. The number of carbonyl (C=O) groups is 9. The van der Waals surface area contributed by atoms with E-state index in [1.165, 1.54) is 41.0 Å². The monoisotopic (exact) mass is 1910 g/mol. The van der Waals surface area contributed by atoms with E-state index in [1.54, 1.807) is 0 Å². The maximum atomic E-state index is 14.0. The second-order valence-electron chi connectivity index (χ2n) is 33.9. The van der Waals surface area contributed by atoms with Crippen LogP contribution >= 0.6 is 15.6 Å². The Morgan fingerprint density at radius 2 is 0.809 bits per heavy atom. The largest absolute Gasteiger partial charge is 0.472 e. The lowest BCUT2D eigenvalue weighted by Crippen LogP contribution is -2.66. The predicted octanol–water partition coefficient (Wildman–Crippen LogP) is 2.27. The molecule has 42 nitrogen and oxygen atoms in total. The van der Waals surface area contributed by atoms with Gasteiger partial charge in [0.15, 0.2) is 18.9 Å². The lowest BCUT2D eigenvalue weighted by molar-refractivity contribution is -0.270. The first-order chi connectivity index (χ1) is 62.8. The van der Waals surface area contributed by atoms with Crippen LogP contribution in [0.25, 0.3) is 0 Å². The van der Waals surface area contributed by atoms with Gasteiger partial charge in [-0.25, -0.2) is 9.13 Å². The van der Waals surface area contributed by atoms with Crippen molar-refractivity contribution in [1.29, 1.82) is 0 Å². The normalized spacial score (nSPS) is 24.9. The third-order valence-electron chi connectivity index (χ3n) is 23.2. The third-order valence-corrected chi connectivity index (χ3v) is 25.2. The van der Waals surface area contributed by atoms with Gasteiger partial charge in [-0.15, -0.1) is 0 Å². The fourth-order valence-electron chi connectivity index (χ4n) is 15.9. The summed E-state index contributed by atoms with van der Waals surface area (Å²) in [7, 11) is -9.69. The quantitative estimate of drug-likeness (QED) is 0.0253. The highest BCUT2D eigenvalue weighted by Gasteiger charge is 2.51. The van der Waals surface area contributed by atoms with E-state index in [-0.39, 0.29) is 146 Å². The number of ether oxygens (including phenoxy) is 7. The summed E-state index contributed by atoms with van der Waals surface area (Å²) in [5.74, 6) is -2.49.